The summed E-state index contributed by atoms with van der Waals surface area (Å²) in [5.41, 5.74) is 1.26. The van der Waals surface area contributed by atoms with Gasteiger partial charge >= 0.3 is 0 Å². The van der Waals surface area contributed by atoms with E-state index in [4.69, 9.17) is 4.74 Å². The van der Waals surface area contributed by atoms with E-state index in [-0.39, 0.29) is 36.1 Å². The fraction of sp³-hybridized carbons (Fsp3) is 0.483. The minimum absolute atomic E-state index is 0. The highest BCUT2D eigenvalue weighted by molar-refractivity contribution is 7.17. The zero-order valence-corrected chi connectivity index (χ0v) is 22.1. The minimum atomic E-state index is -0.937. The van der Waals surface area contributed by atoms with Crippen molar-refractivity contribution in [2.75, 3.05) is 13.1 Å². The Morgan fingerprint density at radius 1 is 1.16 bits per heavy atom. The topological polar surface area (TPSA) is 82.0 Å². The average molecular weight is 539 g/mol. The lowest BCUT2D eigenvalue weighted by molar-refractivity contribution is -0.191. The molecule has 3 fully saturated rings. The number of hydrogen-bond donors (Lipinski definition) is 3. The van der Waals surface area contributed by atoms with Crippen molar-refractivity contribution in [3.63, 3.8) is 0 Å². The van der Waals surface area contributed by atoms with Crippen LogP contribution in [0.2, 0.25) is 0 Å². The first-order valence-electron chi connectivity index (χ1n) is 13.2. The molecule has 2 bridgehead atoms. The molecule has 6 nitrogen and oxygen atoms in total. The maximum Gasteiger partial charge on any atom is 0.251 e. The Morgan fingerprint density at radius 2 is 2.03 bits per heavy atom. The third-order valence-corrected chi connectivity index (χ3v) is 10.7. The van der Waals surface area contributed by atoms with E-state index < -0.39 is 17.1 Å². The van der Waals surface area contributed by atoms with Crippen molar-refractivity contribution in [2.45, 2.75) is 67.7 Å². The third-order valence-electron chi connectivity index (χ3n) is 9.79. The van der Waals surface area contributed by atoms with Gasteiger partial charge in [-0.05, 0) is 97.6 Å². The fourth-order valence-corrected chi connectivity index (χ4v) is 8.76. The molecule has 8 heteroatoms. The van der Waals surface area contributed by atoms with Gasteiger partial charge in [0.25, 0.3) is 5.91 Å². The number of rotatable bonds is 4. The zero-order valence-electron chi connectivity index (χ0n) is 20.5. The molecule has 2 aliphatic heterocycles. The van der Waals surface area contributed by atoms with E-state index in [2.05, 4.69) is 10.2 Å². The van der Waals surface area contributed by atoms with Crippen LogP contribution >= 0.6 is 23.7 Å². The lowest BCUT2D eigenvalue weighted by atomic mass is 9.48. The molecule has 1 saturated heterocycles. The standard InChI is InChI=1S/C29H30N2O4S.ClH/c32-21-5-3-18-14-23-29(34)9-7-20(30-27(33)19-4-6-22-17(13-19)8-12-36-22)26-28(29,24(18)25(21)35-26)10-11-31(23)15-16-1-2-16;/h3-6,8,12-13,16,20,23,26,32,34H,1-2,7,9-11,14-15H2,(H,30,33);1H/t20-,23-,26+,28+,29-;/m1./s1. The van der Waals surface area contributed by atoms with E-state index in [9.17, 15) is 15.0 Å². The van der Waals surface area contributed by atoms with Gasteiger partial charge in [-0.15, -0.1) is 23.7 Å². The van der Waals surface area contributed by atoms with Crippen molar-refractivity contribution in [3.8, 4) is 11.5 Å². The number of likely N-dealkylation sites (tertiary alicyclic amines) is 1. The molecule has 8 rings (SSSR count). The quantitative estimate of drug-likeness (QED) is 0.459. The summed E-state index contributed by atoms with van der Waals surface area (Å²) in [6, 6.07) is 11.4. The maximum absolute atomic E-state index is 13.4. The number of halogens is 1. The lowest BCUT2D eigenvalue weighted by Gasteiger charge is -2.64. The fourth-order valence-electron chi connectivity index (χ4n) is 7.99. The van der Waals surface area contributed by atoms with Gasteiger partial charge < -0.3 is 20.3 Å². The highest BCUT2D eigenvalue weighted by atomic mass is 35.5. The Hall–Kier alpha value is -2.32. The second-order valence-electron chi connectivity index (χ2n) is 11.6. The zero-order chi connectivity index (χ0) is 24.2. The molecular formula is C29H31ClN2O4S. The Bertz CT molecular complexity index is 1420. The number of hydrogen-bond acceptors (Lipinski definition) is 6. The molecule has 2 saturated carbocycles. The summed E-state index contributed by atoms with van der Waals surface area (Å²) >= 11 is 1.67. The lowest BCUT2D eigenvalue weighted by Crippen LogP contribution is -2.78. The number of benzene rings is 2. The summed E-state index contributed by atoms with van der Waals surface area (Å²) in [5.74, 6) is 1.29. The summed E-state index contributed by atoms with van der Waals surface area (Å²) in [6.07, 6.45) is 4.99. The van der Waals surface area contributed by atoms with Gasteiger partial charge in [0.1, 0.15) is 6.10 Å². The largest absolute Gasteiger partial charge is 0.504 e. The molecule has 37 heavy (non-hydrogen) atoms. The number of phenolic OH excluding ortho intramolecular Hbond substituents is 1. The summed E-state index contributed by atoms with van der Waals surface area (Å²) in [5, 5.41) is 29.7. The van der Waals surface area contributed by atoms with E-state index in [1.54, 1.807) is 17.4 Å². The molecule has 194 valence electrons. The molecule has 0 unspecified atom stereocenters. The van der Waals surface area contributed by atoms with Gasteiger partial charge in [0.05, 0.1) is 17.1 Å². The Kier molecular flexibility index (Phi) is 5.20. The molecule has 3 aromatic rings. The van der Waals surface area contributed by atoms with Crippen LogP contribution in [-0.2, 0) is 11.8 Å². The van der Waals surface area contributed by atoms with E-state index in [0.29, 0.717) is 24.2 Å². The monoisotopic (exact) mass is 538 g/mol. The molecule has 3 N–H and O–H groups in total. The average Bonchev–Trinajstić information content (AvgIpc) is 3.42. The number of carbonyl (C=O) groups excluding carboxylic acids is 1. The summed E-state index contributed by atoms with van der Waals surface area (Å²) < 4.78 is 7.73. The van der Waals surface area contributed by atoms with Gasteiger partial charge in [-0.1, -0.05) is 6.07 Å². The highest BCUT2D eigenvalue weighted by Gasteiger charge is 2.73. The minimum Gasteiger partial charge on any atom is -0.504 e. The maximum atomic E-state index is 13.4. The molecule has 3 aliphatic carbocycles. The Balaban J connectivity index is 0.00000231. The van der Waals surface area contributed by atoms with Crippen LogP contribution in [0.5, 0.6) is 11.5 Å². The van der Waals surface area contributed by atoms with Crippen LogP contribution in [0.3, 0.4) is 0 Å². The van der Waals surface area contributed by atoms with Crippen molar-refractivity contribution in [3.05, 3.63) is 58.5 Å². The number of aromatic hydroxyl groups is 1. The molecule has 5 atom stereocenters. The van der Waals surface area contributed by atoms with E-state index in [0.717, 1.165) is 47.5 Å². The highest BCUT2D eigenvalue weighted by Crippen LogP contribution is 2.65. The van der Waals surface area contributed by atoms with Gasteiger partial charge in [-0.25, -0.2) is 0 Å². The Morgan fingerprint density at radius 3 is 2.86 bits per heavy atom. The number of phenols is 1. The Labute approximate surface area is 226 Å². The summed E-state index contributed by atoms with van der Waals surface area (Å²) in [6.45, 7) is 1.97. The number of nitrogens with zero attached hydrogens (tertiary/aromatic N) is 1. The van der Waals surface area contributed by atoms with Gasteiger partial charge in [0, 0.05) is 28.4 Å². The second kappa shape index (κ2) is 8.09. The number of ether oxygens (including phenoxy) is 1. The predicted octanol–water partition coefficient (Wildman–Crippen LogP) is 4.39. The van der Waals surface area contributed by atoms with Gasteiger partial charge in [0.2, 0.25) is 0 Å². The molecule has 0 radical (unpaired) electrons. The van der Waals surface area contributed by atoms with E-state index in [1.807, 2.05) is 35.7 Å². The van der Waals surface area contributed by atoms with Crippen LogP contribution < -0.4 is 10.1 Å². The SMILES string of the molecule is Cl.O=C(N[C@@H]1CC[C@@]2(O)[C@H]3Cc4ccc(O)c5c4[C@@]2(CCN3CC2CC2)[C@H]1O5)c1ccc2sccc2c1. The number of aliphatic hydroxyl groups is 1. The first kappa shape index (κ1) is 23.8. The number of piperidine rings is 1. The molecule has 1 aromatic heterocycles. The second-order valence-corrected chi connectivity index (χ2v) is 12.5. The van der Waals surface area contributed by atoms with Crippen LogP contribution in [-0.4, -0.2) is 57.9 Å². The number of nitrogens with one attached hydrogen (secondary N) is 1. The van der Waals surface area contributed by atoms with Crippen LogP contribution in [0.25, 0.3) is 10.1 Å². The van der Waals surface area contributed by atoms with Crippen molar-refractivity contribution in [2.24, 2.45) is 5.92 Å². The first-order chi connectivity index (χ1) is 17.5. The molecular weight excluding hydrogens is 508 g/mol. The van der Waals surface area contributed by atoms with Crippen LogP contribution in [0.15, 0.2) is 41.8 Å². The number of fused-ring (bicyclic) bond motifs is 1. The van der Waals surface area contributed by atoms with E-state index >= 15 is 0 Å². The van der Waals surface area contributed by atoms with Crippen molar-refractivity contribution >= 4 is 39.7 Å². The molecule has 3 heterocycles. The molecule has 2 aromatic carbocycles. The molecule has 1 spiro atoms. The van der Waals surface area contributed by atoms with Crippen LogP contribution in [0, 0.1) is 5.92 Å². The molecule has 1 amide bonds. The van der Waals surface area contributed by atoms with E-state index in [1.165, 1.54) is 18.4 Å². The number of thiophene rings is 1. The van der Waals surface area contributed by atoms with Gasteiger partial charge in [-0.3, -0.25) is 9.69 Å². The van der Waals surface area contributed by atoms with Gasteiger partial charge in [-0.2, -0.15) is 0 Å². The van der Waals surface area contributed by atoms with Crippen LogP contribution in [0.1, 0.15) is 53.6 Å². The van der Waals surface area contributed by atoms with Crippen LogP contribution in [0.4, 0.5) is 0 Å². The smallest absolute Gasteiger partial charge is 0.251 e. The van der Waals surface area contributed by atoms with Crippen molar-refractivity contribution in [1.82, 2.24) is 10.2 Å². The predicted molar refractivity (Wildman–Crippen MR) is 145 cm³/mol. The van der Waals surface area contributed by atoms with Crippen molar-refractivity contribution < 1.29 is 19.7 Å². The summed E-state index contributed by atoms with van der Waals surface area (Å²) in [4.78, 5) is 15.9. The number of carbonyl (C=O) groups is 1. The number of amides is 1. The van der Waals surface area contributed by atoms with Gasteiger partial charge in [0.15, 0.2) is 11.5 Å². The normalized spacial score (nSPS) is 33.4. The molecule has 5 aliphatic rings. The van der Waals surface area contributed by atoms with Crippen molar-refractivity contribution in [1.29, 1.82) is 0 Å². The summed E-state index contributed by atoms with van der Waals surface area (Å²) in [7, 11) is 0. The third kappa shape index (κ3) is 3.14. The first-order valence-corrected chi connectivity index (χ1v) is 14.1.